The third kappa shape index (κ3) is 2.29. The van der Waals surface area contributed by atoms with Gasteiger partial charge < -0.3 is 14.3 Å². The summed E-state index contributed by atoms with van der Waals surface area (Å²) in [5, 5.41) is 10.1. The molecule has 1 aliphatic heterocycles. The summed E-state index contributed by atoms with van der Waals surface area (Å²) in [5.41, 5.74) is 0. The number of hydrogen-bond donors (Lipinski definition) is 1. The van der Waals surface area contributed by atoms with Gasteiger partial charge in [-0.05, 0) is 42.5 Å². The molecule has 1 aromatic heterocycles. The Balaban J connectivity index is 1.91. The van der Waals surface area contributed by atoms with Crippen molar-refractivity contribution in [3.8, 4) is 0 Å². The Morgan fingerprint density at radius 2 is 2.43 bits per heavy atom. The van der Waals surface area contributed by atoms with Crippen molar-refractivity contribution in [2.24, 2.45) is 5.92 Å². The second-order valence-electron chi connectivity index (χ2n) is 3.62. The predicted octanol–water partition coefficient (Wildman–Crippen LogP) is 2.39. The van der Waals surface area contributed by atoms with Crippen LogP contribution in [-0.4, -0.2) is 18.3 Å². The van der Waals surface area contributed by atoms with Gasteiger partial charge in [0.05, 0.1) is 0 Å². The van der Waals surface area contributed by atoms with Crippen molar-refractivity contribution in [2.45, 2.75) is 18.9 Å². The molecule has 0 bridgehead atoms. The van der Waals surface area contributed by atoms with Crippen LogP contribution in [0, 0.1) is 5.92 Å². The van der Waals surface area contributed by atoms with Crippen LogP contribution in [0.4, 0.5) is 0 Å². The minimum Gasteiger partial charge on any atom is -0.447 e. The van der Waals surface area contributed by atoms with Crippen molar-refractivity contribution in [1.29, 1.82) is 0 Å². The molecular weight excluding hydrogens is 204 g/mol. The zero-order valence-corrected chi connectivity index (χ0v) is 8.54. The summed E-state index contributed by atoms with van der Waals surface area (Å²) in [6.45, 7) is 1.54. The Hall–Kier alpha value is -0.510. The molecule has 2 heterocycles. The van der Waals surface area contributed by atoms with Gasteiger partial charge in [-0.1, -0.05) is 0 Å². The zero-order chi connectivity index (χ0) is 9.97. The Kier molecular flexibility index (Phi) is 3.11. The largest absolute Gasteiger partial charge is 0.447 e. The third-order valence-electron chi connectivity index (χ3n) is 2.50. The molecule has 78 valence electrons. The second-order valence-corrected chi connectivity index (χ2v) is 4.00. The van der Waals surface area contributed by atoms with E-state index >= 15 is 0 Å². The van der Waals surface area contributed by atoms with E-state index in [1.165, 1.54) is 0 Å². The summed E-state index contributed by atoms with van der Waals surface area (Å²) in [6, 6.07) is 3.36. The van der Waals surface area contributed by atoms with Crippen molar-refractivity contribution < 1.29 is 14.3 Å². The predicted molar refractivity (Wildman–Crippen MR) is 52.2 cm³/mol. The maximum atomic E-state index is 9.79. The number of ether oxygens (including phenoxy) is 1. The molecule has 0 aromatic carbocycles. The molecule has 1 N–H and O–H groups in total. The lowest BCUT2D eigenvalue weighted by molar-refractivity contribution is 0.111. The zero-order valence-electron chi connectivity index (χ0n) is 7.78. The number of halogens is 1. The Morgan fingerprint density at radius 1 is 1.57 bits per heavy atom. The molecule has 14 heavy (non-hydrogen) atoms. The first-order chi connectivity index (χ1) is 6.75. The fourth-order valence-corrected chi connectivity index (χ4v) is 1.86. The summed E-state index contributed by atoms with van der Waals surface area (Å²) >= 11 is 5.62. The molecular formula is C10H13ClO3. The van der Waals surface area contributed by atoms with Gasteiger partial charge in [0.2, 0.25) is 0 Å². The van der Waals surface area contributed by atoms with E-state index in [1.54, 1.807) is 12.1 Å². The fraction of sp³-hybridized carbons (Fsp3) is 0.600. The molecule has 0 saturated carbocycles. The lowest BCUT2D eigenvalue weighted by Gasteiger charge is -2.11. The molecule has 2 unspecified atom stereocenters. The number of furan rings is 1. The van der Waals surface area contributed by atoms with Gasteiger partial charge in [-0.2, -0.15) is 0 Å². The van der Waals surface area contributed by atoms with Gasteiger partial charge in [0.15, 0.2) is 5.22 Å². The highest BCUT2D eigenvalue weighted by Crippen LogP contribution is 2.28. The fourth-order valence-electron chi connectivity index (χ4n) is 1.71. The van der Waals surface area contributed by atoms with E-state index in [2.05, 4.69) is 0 Å². The monoisotopic (exact) mass is 216 g/mol. The smallest absolute Gasteiger partial charge is 0.193 e. The third-order valence-corrected chi connectivity index (χ3v) is 2.71. The summed E-state index contributed by atoms with van der Waals surface area (Å²) in [5.74, 6) is 0.982. The summed E-state index contributed by atoms with van der Waals surface area (Å²) in [4.78, 5) is 0. The van der Waals surface area contributed by atoms with Crippen molar-refractivity contribution in [3.05, 3.63) is 23.1 Å². The highest BCUT2D eigenvalue weighted by molar-refractivity contribution is 6.28. The van der Waals surface area contributed by atoms with Crippen molar-refractivity contribution in [2.75, 3.05) is 13.2 Å². The number of aliphatic hydroxyl groups excluding tert-OH is 1. The maximum absolute atomic E-state index is 9.79. The second kappa shape index (κ2) is 4.34. The van der Waals surface area contributed by atoms with Crippen molar-refractivity contribution >= 4 is 11.6 Å². The van der Waals surface area contributed by atoms with E-state index < -0.39 is 6.10 Å². The Morgan fingerprint density at radius 3 is 3.00 bits per heavy atom. The minimum absolute atomic E-state index is 0.321. The van der Waals surface area contributed by atoms with E-state index in [-0.39, 0.29) is 0 Å². The molecule has 1 fully saturated rings. The Bertz CT molecular complexity index is 291. The molecule has 3 nitrogen and oxygen atoms in total. The molecule has 2 atom stereocenters. The molecule has 4 heteroatoms. The van der Waals surface area contributed by atoms with Crippen LogP contribution in [-0.2, 0) is 4.74 Å². The first kappa shape index (κ1) is 10.0. The molecule has 0 spiro atoms. The van der Waals surface area contributed by atoms with Gasteiger partial charge in [-0.15, -0.1) is 0 Å². The van der Waals surface area contributed by atoms with Crippen LogP contribution in [0.1, 0.15) is 24.7 Å². The minimum atomic E-state index is -0.561. The van der Waals surface area contributed by atoms with Crippen molar-refractivity contribution in [3.63, 3.8) is 0 Å². The van der Waals surface area contributed by atoms with Crippen LogP contribution < -0.4 is 0 Å². The van der Waals surface area contributed by atoms with Crippen LogP contribution in [0.5, 0.6) is 0 Å². The summed E-state index contributed by atoms with van der Waals surface area (Å²) in [7, 11) is 0. The highest BCUT2D eigenvalue weighted by Gasteiger charge is 2.22. The van der Waals surface area contributed by atoms with E-state index in [0.29, 0.717) is 23.3 Å². The van der Waals surface area contributed by atoms with Gasteiger partial charge in [-0.3, -0.25) is 0 Å². The molecule has 2 rings (SSSR count). The highest BCUT2D eigenvalue weighted by atomic mass is 35.5. The van der Waals surface area contributed by atoms with Gasteiger partial charge in [-0.25, -0.2) is 0 Å². The summed E-state index contributed by atoms with van der Waals surface area (Å²) in [6.07, 6.45) is 1.14. The lowest BCUT2D eigenvalue weighted by atomic mass is 10.00. The first-order valence-electron chi connectivity index (χ1n) is 4.77. The standard InChI is InChI=1S/C10H13ClO3/c11-10-2-1-9(14-10)8(12)5-7-3-4-13-6-7/h1-2,7-8,12H,3-6H2. The van der Waals surface area contributed by atoms with Gasteiger partial charge in [0.1, 0.15) is 11.9 Å². The first-order valence-corrected chi connectivity index (χ1v) is 5.14. The molecule has 0 radical (unpaired) electrons. The summed E-state index contributed by atoms with van der Waals surface area (Å²) < 4.78 is 10.4. The van der Waals surface area contributed by atoms with E-state index in [1.807, 2.05) is 0 Å². The van der Waals surface area contributed by atoms with E-state index in [0.717, 1.165) is 19.6 Å². The van der Waals surface area contributed by atoms with Crippen molar-refractivity contribution in [1.82, 2.24) is 0 Å². The quantitative estimate of drug-likeness (QED) is 0.844. The number of rotatable bonds is 3. The average molecular weight is 217 g/mol. The molecule has 1 aromatic rings. The van der Waals surface area contributed by atoms with Gasteiger partial charge in [0.25, 0.3) is 0 Å². The molecule has 1 saturated heterocycles. The average Bonchev–Trinajstić information content (AvgIpc) is 2.75. The van der Waals surface area contributed by atoms with Crippen LogP contribution in [0.3, 0.4) is 0 Å². The van der Waals surface area contributed by atoms with Crippen LogP contribution >= 0.6 is 11.6 Å². The van der Waals surface area contributed by atoms with Gasteiger partial charge in [0, 0.05) is 13.2 Å². The number of hydrogen-bond acceptors (Lipinski definition) is 3. The van der Waals surface area contributed by atoms with Crippen LogP contribution in [0.25, 0.3) is 0 Å². The number of aliphatic hydroxyl groups is 1. The van der Waals surface area contributed by atoms with Crippen LogP contribution in [0.2, 0.25) is 5.22 Å². The Labute approximate surface area is 87.6 Å². The molecule has 0 aliphatic carbocycles. The lowest BCUT2D eigenvalue weighted by Crippen LogP contribution is -2.06. The van der Waals surface area contributed by atoms with E-state index in [4.69, 9.17) is 20.8 Å². The van der Waals surface area contributed by atoms with E-state index in [9.17, 15) is 5.11 Å². The van der Waals surface area contributed by atoms with Crippen LogP contribution in [0.15, 0.2) is 16.5 Å². The normalized spacial score (nSPS) is 24.0. The SMILES string of the molecule is OC(CC1CCOC1)c1ccc(Cl)o1. The maximum Gasteiger partial charge on any atom is 0.193 e. The van der Waals surface area contributed by atoms with Gasteiger partial charge >= 0.3 is 0 Å². The topological polar surface area (TPSA) is 42.6 Å². The molecule has 0 amide bonds. The molecule has 1 aliphatic rings.